The maximum Gasteiger partial charge on any atom is 0.454 e. The first-order valence-corrected chi connectivity index (χ1v) is 3.02. The van der Waals surface area contributed by atoms with Gasteiger partial charge in [-0.05, 0) is 12.1 Å². The van der Waals surface area contributed by atoms with Crippen LogP contribution in [0.25, 0.3) is 0 Å². The predicted octanol–water partition coefficient (Wildman–Crippen LogP) is 1.93. The first-order valence-electron chi connectivity index (χ1n) is 3.02. The van der Waals surface area contributed by atoms with Crippen LogP contribution >= 0.6 is 0 Å². The molecule has 5 heteroatoms. The molecule has 0 aromatic heterocycles. The second-order valence-corrected chi connectivity index (χ2v) is 2.04. The van der Waals surface area contributed by atoms with Crippen LogP contribution in [0.4, 0.5) is 19.3 Å². The summed E-state index contributed by atoms with van der Waals surface area (Å²) in [5.41, 5.74) is -0.0612. The molecule has 0 saturated heterocycles. The summed E-state index contributed by atoms with van der Waals surface area (Å²) in [6.45, 7) is 0. The van der Waals surface area contributed by atoms with E-state index in [9.17, 15) is 18.7 Å². The van der Waals surface area contributed by atoms with Crippen molar-refractivity contribution in [3.05, 3.63) is 29.8 Å². The zero-order valence-corrected chi connectivity index (χ0v) is 5.80. The van der Waals surface area contributed by atoms with E-state index in [-0.39, 0.29) is 5.69 Å². The largest absolute Gasteiger partial charge is 0.454 e. The van der Waals surface area contributed by atoms with Gasteiger partial charge in [-0.1, -0.05) is 0 Å². The van der Waals surface area contributed by atoms with Crippen molar-refractivity contribution < 1.29 is 18.7 Å². The maximum atomic E-state index is 12.4. The van der Waals surface area contributed by atoms with E-state index < -0.39 is 17.7 Å². The van der Waals surface area contributed by atoms with Crippen LogP contribution in [0.1, 0.15) is 0 Å². The summed E-state index contributed by atoms with van der Waals surface area (Å²) < 4.78 is 24.7. The molecule has 0 fully saturated rings. The van der Waals surface area contributed by atoms with Crippen molar-refractivity contribution in [1.82, 2.24) is 0 Å². The Balaban J connectivity index is 2.89. The van der Waals surface area contributed by atoms with Crippen molar-refractivity contribution in [1.29, 1.82) is 0 Å². The molecule has 0 aliphatic carbocycles. The average Bonchev–Trinajstić information content (AvgIpc) is 1.96. The molecule has 63 valence electrons. The van der Waals surface area contributed by atoms with Crippen LogP contribution in [0.5, 0.6) is 0 Å². The molecular formula is C7H4F2NO2. The van der Waals surface area contributed by atoms with E-state index >= 15 is 0 Å². The van der Waals surface area contributed by atoms with Crippen LogP contribution in [0.2, 0.25) is 0 Å². The molecule has 0 aliphatic rings. The van der Waals surface area contributed by atoms with Gasteiger partial charge in [0.2, 0.25) is 0 Å². The molecule has 1 radical (unpaired) electrons. The molecule has 1 amide bonds. The normalized spacial score (nSPS) is 9.50. The number of anilines is 1. The predicted molar refractivity (Wildman–Crippen MR) is 36.1 cm³/mol. The van der Waals surface area contributed by atoms with E-state index in [0.29, 0.717) is 0 Å². The second-order valence-electron chi connectivity index (χ2n) is 2.04. The minimum absolute atomic E-state index is 0.0612. The van der Waals surface area contributed by atoms with Gasteiger partial charge in [0, 0.05) is 11.8 Å². The standard InChI is InChI=1S/C7H4F2NO2/c8-5-2-1-4(3-6(5)9)10-7(11)12/h1-3,10H. The fourth-order valence-corrected chi connectivity index (χ4v) is 0.692. The number of rotatable bonds is 1. The first-order chi connectivity index (χ1) is 5.59. The number of amides is 1. The van der Waals surface area contributed by atoms with Crippen molar-refractivity contribution in [3.63, 3.8) is 0 Å². The highest BCUT2D eigenvalue weighted by Crippen LogP contribution is 2.12. The van der Waals surface area contributed by atoms with Gasteiger partial charge < -0.3 is 0 Å². The third-order valence-electron chi connectivity index (χ3n) is 1.17. The highest BCUT2D eigenvalue weighted by atomic mass is 19.2. The van der Waals surface area contributed by atoms with Crippen LogP contribution in [0, 0.1) is 11.6 Å². The smallest absolute Gasteiger partial charge is 0.288 e. The van der Waals surface area contributed by atoms with E-state index in [1.54, 1.807) is 5.32 Å². The molecule has 1 rings (SSSR count). The summed E-state index contributed by atoms with van der Waals surface area (Å²) in [5.74, 6) is -2.14. The Hall–Kier alpha value is -1.65. The lowest BCUT2D eigenvalue weighted by molar-refractivity contribution is 0.185. The minimum atomic E-state index is -1.57. The van der Waals surface area contributed by atoms with Gasteiger partial charge in [-0.15, -0.1) is 0 Å². The monoisotopic (exact) mass is 172 g/mol. The van der Waals surface area contributed by atoms with E-state index in [1.165, 1.54) is 0 Å². The first kappa shape index (κ1) is 8.45. The number of hydrogen-bond donors (Lipinski definition) is 1. The molecule has 0 bridgehead atoms. The second kappa shape index (κ2) is 3.17. The van der Waals surface area contributed by atoms with Crippen LogP contribution in [-0.4, -0.2) is 6.09 Å². The van der Waals surface area contributed by atoms with Gasteiger partial charge in [-0.25, -0.2) is 18.7 Å². The van der Waals surface area contributed by atoms with E-state index in [4.69, 9.17) is 0 Å². The molecule has 0 aliphatic heterocycles. The van der Waals surface area contributed by atoms with Crippen molar-refractivity contribution in [2.75, 3.05) is 5.32 Å². The van der Waals surface area contributed by atoms with E-state index in [1.807, 2.05) is 0 Å². The van der Waals surface area contributed by atoms with Crippen LogP contribution in [-0.2, 0) is 5.11 Å². The third-order valence-corrected chi connectivity index (χ3v) is 1.17. The zero-order chi connectivity index (χ0) is 9.14. The van der Waals surface area contributed by atoms with Crippen LogP contribution < -0.4 is 5.32 Å². The summed E-state index contributed by atoms with van der Waals surface area (Å²) in [5, 5.41) is 11.7. The van der Waals surface area contributed by atoms with E-state index in [0.717, 1.165) is 18.2 Å². The number of carbonyl (C=O) groups is 1. The molecule has 0 unspecified atom stereocenters. The lowest BCUT2D eigenvalue weighted by Gasteiger charge is -1.98. The number of carbonyl (C=O) groups excluding carboxylic acids is 1. The fraction of sp³-hybridized carbons (Fsp3) is 0. The van der Waals surface area contributed by atoms with Gasteiger partial charge >= 0.3 is 6.09 Å². The molecule has 3 nitrogen and oxygen atoms in total. The molecule has 0 heterocycles. The summed E-state index contributed by atoms with van der Waals surface area (Å²) >= 11 is 0. The highest BCUT2D eigenvalue weighted by molar-refractivity contribution is 5.82. The Kier molecular flexibility index (Phi) is 2.23. The van der Waals surface area contributed by atoms with Gasteiger partial charge in [-0.2, -0.15) is 0 Å². The number of hydrogen-bond acceptors (Lipinski definition) is 1. The van der Waals surface area contributed by atoms with Gasteiger partial charge in [0.15, 0.2) is 11.6 Å². The quantitative estimate of drug-likeness (QED) is 0.691. The minimum Gasteiger partial charge on any atom is -0.288 e. The molecule has 0 spiro atoms. The number of halogens is 2. The van der Waals surface area contributed by atoms with Gasteiger partial charge in [0.05, 0.1) is 0 Å². The van der Waals surface area contributed by atoms with Crippen molar-refractivity contribution in [3.8, 4) is 0 Å². The maximum absolute atomic E-state index is 12.4. The molecular weight excluding hydrogens is 168 g/mol. The van der Waals surface area contributed by atoms with Crippen LogP contribution in [0.15, 0.2) is 18.2 Å². The number of nitrogens with one attached hydrogen (secondary N) is 1. The van der Waals surface area contributed by atoms with Crippen molar-refractivity contribution in [2.45, 2.75) is 0 Å². The Morgan fingerprint density at radius 1 is 1.25 bits per heavy atom. The Morgan fingerprint density at radius 2 is 1.92 bits per heavy atom. The average molecular weight is 172 g/mol. The van der Waals surface area contributed by atoms with Crippen molar-refractivity contribution >= 4 is 11.8 Å². The summed E-state index contributed by atoms with van der Waals surface area (Å²) in [4.78, 5) is 9.93. The Morgan fingerprint density at radius 3 is 2.42 bits per heavy atom. The summed E-state index contributed by atoms with van der Waals surface area (Å²) in [7, 11) is 0. The lowest BCUT2D eigenvalue weighted by Crippen LogP contribution is -2.05. The molecule has 0 atom stereocenters. The third kappa shape index (κ3) is 1.91. The Labute approximate surface area is 66.6 Å². The summed E-state index contributed by atoms with van der Waals surface area (Å²) in [6.07, 6.45) is -1.57. The van der Waals surface area contributed by atoms with Gasteiger partial charge in [-0.3, -0.25) is 5.32 Å². The fourth-order valence-electron chi connectivity index (χ4n) is 0.692. The SMILES string of the molecule is [O]C(=O)Nc1ccc(F)c(F)c1. The number of benzene rings is 1. The molecule has 12 heavy (non-hydrogen) atoms. The topological polar surface area (TPSA) is 49.0 Å². The van der Waals surface area contributed by atoms with Crippen LogP contribution in [0.3, 0.4) is 0 Å². The van der Waals surface area contributed by atoms with Crippen molar-refractivity contribution in [2.24, 2.45) is 0 Å². The summed E-state index contributed by atoms with van der Waals surface area (Å²) in [6, 6.07) is 2.64. The molecule has 0 saturated carbocycles. The van der Waals surface area contributed by atoms with Gasteiger partial charge in [0.25, 0.3) is 0 Å². The molecule has 1 aromatic rings. The molecule has 1 aromatic carbocycles. The van der Waals surface area contributed by atoms with Gasteiger partial charge in [0.1, 0.15) is 0 Å². The lowest BCUT2D eigenvalue weighted by atomic mass is 10.3. The molecule has 1 N–H and O–H groups in total. The Bertz CT molecular complexity index is 314. The highest BCUT2D eigenvalue weighted by Gasteiger charge is 2.04. The zero-order valence-electron chi connectivity index (χ0n) is 5.80. The van der Waals surface area contributed by atoms with E-state index in [2.05, 4.69) is 0 Å².